The van der Waals surface area contributed by atoms with Crippen LogP contribution in [0, 0.1) is 0 Å². The Morgan fingerprint density at radius 3 is 2.75 bits per heavy atom. The predicted molar refractivity (Wildman–Crippen MR) is 69.7 cm³/mol. The fourth-order valence-corrected chi connectivity index (χ4v) is 1.52. The molecule has 1 rings (SSSR count). The zero-order valence-corrected chi connectivity index (χ0v) is 10.2. The van der Waals surface area contributed by atoms with Gasteiger partial charge in [-0.15, -0.1) is 6.58 Å². The van der Waals surface area contributed by atoms with Crippen molar-refractivity contribution in [1.29, 1.82) is 0 Å². The first-order valence-corrected chi connectivity index (χ1v) is 5.83. The summed E-state index contributed by atoms with van der Waals surface area (Å²) in [6.45, 7) is 11.6. The van der Waals surface area contributed by atoms with E-state index in [0.29, 0.717) is 0 Å². The zero-order valence-electron chi connectivity index (χ0n) is 10.2. The van der Waals surface area contributed by atoms with Crippen molar-refractivity contribution in [3.05, 3.63) is 36.5 Å². The molecule has 0 unspecified atom stereocenters. The van der Waals surface area contributed by atoms with Crippen LogP contribution in [0.15, 0.2) is 31.0 Å². The van der Waals surface area contributed by atoms with Crippen LogP contribution in [0.5, 0.6) is 0 Å². The fraction of sp³-hybridized carbons (Fsp3) is 0.462. The van der Waals surface area contributed by atoms with Crippen molar-refractivity contribution in [2.45, 2.75) is 20.4 Å². The lowest BCUT2D eigenvalue weighted by Crippen LogP contribution is -2.23. The number of nitrogens with zero attached hydrogens (tertiary/aromatic N) is 2. The molecule has 0 spiro atoms. The van der Waals surface area contributed by atoms with Crippen LogP contribution in [-0.2, 0) is 6.54 Å². The van der Waals surface area contributed by atoms with Crippen molar-refractivity contribution in [1.82, 2.24) is 10.3 Å². The van der Waals surface area contributed by atoms with Gasteiger partial charge in [-0.3, -0.25) is 0 Å². The van der Waals surface area contributed by atoms with Crippen molar-refractivity contribution in [2.75, 3.05) is 24.5 Å². The third-order valence-corrected chi connectivity index (χ3v) is 2.44. The van der Waals surface area contributed by atoms with E-state index in [4.69, 9.17) is 0 Å². The van der Waals surface area contributed by atoms with E-state index in [-0.39, 0.29) is 0 Å². The van der Waals surface area contributed by atoms with Crippen molar-refractivity contribution in [3.8, 4) is 0 Å². The molecule has 0 atom stereocenters. The van der Waals surface area contributed by atoms with E-state index < -0.39 is 0 Å². The molecule has 0 aliphatic heterocycles. The number of aromatic nitrogens is 1. The number of hydrogen-bond acceptors (Lipinski definition) is 3. The number of hydrogen-bond donors (Lipinski definition) is 1. The first-order chi connectivity index (χ1) is 7.81. The minimum atomic E-state index is 0.843. The molecule has 0 saturated heterocycles. The highest BCUT2D eigenvalue weighted by atomic mass is 15.2. The van der Waals surface area contributed by atoms with Gasteiger partial charge in [0.05, 0.1) is 0 Å². The lowest BCUT2D eigenvalue weighted by Gasteiger charge is -2.20. The highest BCUT2D eigenvalue weighted by molar-refractivity contribution is 5.39. The van der Waals surface area contributed by atoms with E-state index in [9.17, 15) is 0 Å². The fourth-order valence-electron chi connectivity index (χ4n) is 1.52. The third-order valence-electron chi connectivity index (χ3n) is 2.44. The molecule has 3 heteroatoms. The molecular weight excluding hydrogens is 198 g/mol. The van der Waals surface area contributed by atoms with E-state index in [1.165, 1.54) is 5.56 Å². The van der Waals surface area contributed by atoms with Crippen molar-refractivity contribution < 1.29 is 0 Å². The second kappa shape index (κ2) is 7.01. The van der Waals surface area contributed by atoms with Gasteiger partial charge >= 0.3 is 0 Å². The summed E-state index contributed by atoms with van der Waals surface area (Å²) in [5.41, 5.74) is 1.22. The van der Waals surface area contributed by atoms with E-state index in [0.717, 1.165) is 32.0 Å². The molecular formula is C13H21N3. The minimum Gasteiger partial charge on any atom is -0.353 e. The van der Waals surface area contributed by atoms with Gasteiger partial charge in [0.25, 0.3) is 0 Å². The van der Waals surface area contributed by atoms with Gasteiger partial charge in [0.15, 0.2) is 0 Å². The minimum absolute atomic E-state index is 0.843. The Morgan fingerprint density at radius 1 is 1.44 bits per heavy atom. The maximum Gasteiger partial charge on any atom is 0.128 e. The van der Waals surface area contributed by atoms with E-state index in [2.05, 4.69) is 47.8 Å². The van der Waals surface area contributed by atoms with Gasteiger partial charge in [-0.1, -0.05) is 19.1 Å². The molecule has 0 fully saturated rings. The highest BCUT2D eigenvalue weighted by Gasteiger charge is 2.02. The number of anilines is 1. The largest absolute Gasteiger partial charge is 0.353 e. The summed E-state index contributed by atoms with van der Waals surface area (Å²) in [4.78, 5) is 6.64. The second-order valence-electron chi connectivity index (χ2n) is 3.63. The van der Waals surface area contributed by atoms with Crippen molar-refractivity contribution >= 4 is 5.82 Å². The Bertz CT molecular complexity index is 305. The maximum atomic E-state index is 4.46. The van der Waals surface area contributed by atoms with Crippen molar-refractivity contribution in [3.63, 3.8) is 0 Å². The molecule has 0 radical (unpaired) electrons. The highest BCUT2D eigenvalue weighted by Crippen LogP contribution is 2.10. The average Bonchev–Trinajstić information content (AvgIpc) is 2.34. The first kappa shape index (κ1) is 12.7. The Hall–Kier alpha value is -1.35. The Kier molecular flexibility index (Phi) is 5.57. The second-order valence-corrected chi connectivity index (χ2v) is 3.63. The quantitative estimate of drug-likeness (QED) is 0.713. The van der Waals surface area contributed by atoms with Crippen molar-refractivity contribution in [2.24, 2.45) is 0 Å². The summed E-state index contributed by atoms with van der Waals surface area (Å²) in [7, 11) is 0. The van der Waals surface area contributed by atoms with Gasteiger partial charge in [0.1, 0.15) is 5.82 Å². The predicted octanol–water partition coefficient (Wildman–Crippen LogP) is 2.20. The van der Waals surface area contributed by atoms with Crippen LogP contribution >= 0.6 is 0 Å². The summed E-state index contributed by atoms with van der Waals surface area (Å²) in [5, 5.41) is 3.28. The summed E-state index contributed by atoms with van der Waals surface area (Å²) >= 11 is 0. The van der Waals surface area contributed by atoms with Crippen LogP contribution in [0.2, 0.25) is 0 Å². The Balaban J connectivity index is 2.65. The van der Waals surface area contributed by atoms with Gasteiger partial charge in [-0.05, 0) is 25.1 Å². The summed E-state index contributed by atoms with van der Waals surface area (Å²) in [6.07, 6.45) is 3.83. The molecule has 1 N–H and O–H groups in total. The normalized spacial score (nSPS) is 10.1. The van der Waals surface area contributed by atoms with Gasteiger partial charge in [-0.2, -0.15) is 0 Å². The molecule has 16 heavy (non-hydrogen) atoms. The lowest BCUT2D eigenvalue weighted by molar-refractivity contribution is 0.723. The Labute approximate surface area is 98.2 Å². The van der Waals surface area contributed by atoms with Gasteiger partial charge in [-0.25, -0.2) is 4.98 Å². The zero-order chi connectivity index (χ0) is 11.8. The monoisotopic (exact) mass is 219 g/mol. The van der Waals surface area contributed by atoms with Crippen LogP contribution < -0.4 is 10.2 Å². The van der Waals surface area contributed by atoms with Gasteiger partial charge in [0, 0.05) is 25.8 Å². The van der Waals surface area contributed by atoms with Crippen LogP contribution in [-0.4, -0.2) is 24.6 Å². The van der Waals surface area contributed by atoms with E-state index in [1.54, 1.807) is 0 Å². The molecule has 0 bridgehead atoms. The molecule has 1 aromatic heterocycles. The van der Waals surface area contributed by atoms with Gasteiger partial charge < -0.3 is 10.2 Å². The SMILES string of the molecule is C=CCN(CC)c1ccc(CNCC)cn1. The smallest absolute Gasteiger partial charge is 0.128 e. The molecule has 88 valence electrons. The van der Waals surface area contributed by atoms with Crippen LogP contribution in [0.4, 0.5) is 5.82 Å². The Morgan fingerprint density at radius 2 is 2.25 bits per heavy atom. The summed E-state index contributed by atoms with van der Waals surface area (Å²) in [5.74, 6) is 1.02. The molecule has 0 amide bonds. The van der Waals surface area contributed by atoms with Crippen LogP contribution in [0.3, 0.4) is 0 Å². The van der Waals surface area contributed by atoms with Gasteiger partial charge in [0.2, 0.25) is 0 Å². The average molecular weight is 219 g/mol. The van der Waals surface area contributed by atoms with Crippen LogP contribution in [0.25, 0.3) is 0 Å². The topological polar surface area (TPSA) is 28.2 Å². The van der Waals surface area contributed by atoms with E-state index in [1.807, 2.05) is 12.3 Å². The van der Waals surface area contributed by atoms with E-state index >= 15 is 0 Å². The summed E-state index contributed by atoms with van der Waals surface area (Å²) in [6, 6.07) is 4.19. The molecule has 0 aromatic carbocycles. The number of nitrogens with one attached hydrogen (secondary N) is 1. The molecule has 0 saturated carbocycles. The number of likely N-dealkylation sites (N-methyl/N-ethyl adjacent to an activating group) is 1. The first-order valence-electron chi connectivity index (χ1n) is 5.83. The maximum absolute atomic E-state index is 4.46. The standard InChI is InChI=1S/C13H21N3/c1-4-9-16(6-3)13-8-7-12(11-15-13)10-14-5-2/h4,7-8,11,14H,1,5-6,9-10H2,2-3H3. The summed E-state index contributed by atoms with van der Waals surface area (Å²) < 4.78 is 0. The molecule has 1 heterocycles. The third kappa shape index (κ3) is 3.66. The number of pyridine rings is 1. The lowest BCUT2D eigenvalue weighted by atomic mass is 10.2. The van der Waals surface area contributed by atoms with Crippen LogP contribution in [0.1, 0.15) is 19.4 Å². The molecule has 3 nitrogen and oxygen atoms in total. The molecule has 0 aliphatic rings. The molecule has 0 aliphatic carbocycles. The molecule has 1 aromatic rings. The number of rotatable bonds is 7.